The molecule has 21 heavy (non-hydrogen) atoms. The second-order valence-electron chi connectivity index (χ2n) is 4.66. The standard InChI is InChI=1S/C13H24O3.C3H4O2/c1-12(2)13(15)16-11-9-7-5-3-4-6-8-10-14;1-2-3(4)5/h14H,1,3-11H2,2H3;2H,1H2,(H,4,5). The number of carboxylic acids is 1. The summed E-state index contributed by atoms with van der Waals surface area (Å²) in [6, 6.07) is 0. The molecule has 0 aromatic rings. The van der Waals surface area contributed by atoms with Crippen LogP contribution >= 0.6 is 0 Å². The molecule has 0 bridgehead atoms. The first-order valence-corrected chi connectivity index (χ1v) is 7.24. The van der Waals surface area contributed by atoms with Crippen LogP contribution in [0.2, 0.25) is 0 Å². The van der Waals surface area contributed by atoms with Crippen LogP contribution in [0.15, 0.2) is 24.8 Å². The zero-order valence-electron chi connectivity index (χ0n) is 13.0. The quantitative estimate of drug-likeness (QED) is 0.348. The van der Waals surface area contributed by atoms with Crippen LogP contribution in [-0.4, -0.2) is 35.4 Å². The van der Waals surface area contributed by atoms with Crippen molar-refractivity contribution in [2.45, 2.75) is 51.9 Å². The molecule has 0 heterocycles. The first-order valence-electron chi connectivity index (χ1n) is 7.24. The Bertz CT molecular complexity index is 310. The summed E-state index contributed by atoms with van der Waals surface area (Å²) in [6.07, 6.45) is 8.45. The van der Waals surface area contributed by atoms with Gasteiger partial charge in [0.05, 0.1) is 6.61 Å². The second-order valence-corrected chi connectivity index (χ2v) is 4.66. The fourth-order valence-electron chi connectivity index (χ4n) is 1.39. The Balaban J connectivity index is 0. The van der Waals surface area contributed by atoms with Crippen molar-refractivity contribution in [3.8, 4) is 0 Å². The van der Waals surface area contributed by atoms with E-state index in [2.05, 4.69) is 13.2 Å². The summed E-state index contributed by atoms with van der Waals surface area (Å²) in [4.78, 5) is 20.3. The van der Waals surface area contributed by atoms with Crippen molar-refractivity contribution in [3.05, 3.63) is 24.8 Å². The van der Waals surface area contributed by atoms with E-state index in [1.165, 1.54) is 19.3 Å². The van der Waals surface area contributed by atoms with Crippen molar-refractivity contribution in [3.63, 3.8) is 0 Å². The maximum atomic E-state index is 11.0. The zero-order valence-corrected chi connectivity index (χ0v) is 13.0. The van der Waals surface area contributed by atoms with Crippen LogP contribution in [0.1, 0.15) is 51.9 Å². The van der Waals surface area contributed by atoms with Crippen molar-refractivity contribution < 1.29 is 24.5 Å². The summed E-state index contributed by atoms with van der Waals surface area (Å²) in [6.45, 7) is 8.94. The van der Waals surface area contributed by atoms with Crippen LogP contribution in [-0.2, 0) is 14.3 Å². The van der Waals surface area contributed by atoms with Gasteiger partial charge in [0.1, 0.15) is 0 Å². The molecular formula is C16H28O5. The lowest BCUT2D eigenvalue weighted by molar-refractivity contribution is -0.139. The molecule has 0 aromatic heterocycles. The number of esters is 1. The summed E-state index contributed by atoms with van der Waals surface area (Å²) in [5, 5.41) is 16.2. The number of aliphatic carboxylic acids is 1. The van der Waals surface area contributed by atoms with Crippen LogP contribution in [0.4, 0.5) is 0 Å². The largest absolute Gasteiger partial charge is 0.478 e. The summed E-state index contributed by atoms with van der Waals surface area (Å²) >= 11 is 0. The van der Waals surface area contributed by atoms with Gasteiger partial charge in [0.15, 0.2) is 0 Å². The third-order valence-electron chi connectivity index (χ3n) is 2.56. The number of aliphatic hydroxyl groups is 1. The van der Waals surface area contributed by atoms with Gasteiger partial charge in [0.2, 0.25) is 0 Å². The number of carboxylic acid groups (broad SMARTS) is 1. The molecule has 0 amide bonds. The van der Waals surface area contributed by atoms with Crippen molar-refractivity contribution in [2.24, 2.45) is 0 Å². The van der Waals surface area contributed by atoms with Gasteiger partial charge in [-0.2, -0.15) is 0 Å². The molecule has 0 atom stereocenters. The van der Waals surface area contributed by atoms with E-state index in [9.17, 15) is 9.59 Å². The molecule has 5 heteroatoms. The van der Waals surface area contributed by atoms with Gasteiger partial charge in [0, 0.05) is 18.3 Å². The summed E-state index contributed by atoms with van der Waals surface area (Å²) in [7, 11) is 0. The molecule has 0 fully saturated rings. The van der Waals surface area contributed by atoms with Crippen LogP contribution in [0, 0.1) is 0 Å². The fourth-order valence-corrected chi connectivity index (χ4v) is 1.39. The van der Waals surface area contributed by atoms with Crippen molar-refractivity contribution >= 4 is 11.9 Å². The average molecular weight is 300 g/mol. The number of carbonyl (C=O) groups is 2. The van der Waals surface area contributed by atoms with Gasteiger partial charge in [-0.25, -0.2) is 9.59 Å². The first kappa shape index (κ1) is 21.7. The van der Waals surface area contributed by atoms with E-state index in [1.54, 1.807) is 6.92 Å². The van der Waals surface area contributed by atoms with Gasteiger partial charge in [0.25, 0.3) is 0 Å². The lowest BCUT2D eigenvalue weighted by atomic mass is 10.1. The van der Waals surface area contributed by atoms with Gasteiger partial charge >= 0.3 is 11.9 Å². The van der Waals surface area contributed by atoms with E-state index in [1.807, 2.05) is 0 Å². The number of hydrogen-bond donors (Lipinski definition) is 2. The third-order valence-corrected chi connectivity index (χ3v) is 2.56. The van der Waals surface area contributed by atoms with Crippen molar-refractivity contribution in [1.82, 2.24) is 0 Å². The number of aliphatic hydroxyl groups excluding tert-OH is 1. The number of rotatable bonds is 11. The highest BCUT2D eigenvalue weighted by Crippen LogP contribution is 2.07. The molecule has 2 N–H and O–H groups in total. The van der Waals surface area contributed by atoms with Gasteiger partial charge < -0.3 is 14.9 Å². The molecule has 0 aliphatic heterocycles. The average Bonchev–Trinajstić information content (AvgIpc) is 2.45. The molecule has 0 saturated carbocycles. The minimum absolute atomic E-state index is 0.289. The Morgan fingerprint density at radius 2 is 1.48 bits per heavy atom. The van der Waals surface area contributed by atoms with E-state index in [-0.39, 0.29) is 5.97 Å². The van der Waals surface area contributed by atoms with E-state index < -0.39 is 5.97 Å². The van der Waals surface area contributed by atoms with Crippen LogP contribution in [0.25, 0.3) is 0 Å². The molecule has 0 rings (SSSR count). The maximum absolute atomic E-state index is 11.0. The fraction of sp³-hybridized carbons (Fsp3) is 0.625. The van der Waals surface area contributed by atoms with Crippen molar-refractivity contribution in [1.29, 1.82) is 0 Å². The summed E-state index contributed by atoms with van der Waals surface area (Å²) < 4.78 is 4.98. The molecule has 0 saturated heterocycles. The van der Waals surface area contributed by atoms with E-state index in [4.69, 9.17) is 14.9 Å². The SMILES string of the molecule is C=C(C)C(=O)OCCCCCCCCCO.C=CC(=O)O. The van der Waals surface area contributed by atoms with Crippen molar-refractivity contribution in [2.75, 3.05) is 13.2 Å². The molecule has 122 valence electrons. The zero-order chi connectivity index (χ0) is 16.5. The predicted octanol–water partition coefficient (Wildman–Crippen LogP) is 3.09. The van der Waals surface area contributed by atoms with E-state index in [0.29, 0.717) is 18.8 Å². The number of carbonyl (C=O) groups excluding carboxylic acids is 1. The molecule has 0 spiro atoms. The lowest BCUT2D eigenvalue weighted by Crippen LogP contribution is -2.05. The normalized spacial score (nSPS) is 9.24. The minimum Gasteiger partial charge on any atom is -0.478 e. The Kier molecular flexibility index (Phi) is 17.0. The Hall–Kier alpha value is -1.62. The maximum Gasteiger partial charge on any atom is 0.333 e. The molecule has 0 aromatic carbocycles. The molecular weight excluding hydrogens is 272 g/mol. The summed E-state index contributed by atoms with van der Waals surface area (Å²) in [5.41, 5.74) is 0.462. The van der Waals surface area contributed by atoms with E-state index >= 15 is 0 Å². The molecule has 0 unspecified atom stereocenters. The Labute approximate surface area is 127 Å². The second kappa shape index (κ2) is 16.4. The topological polar surface area (TPSA) is 83.8 Å². The molecule has 5 nitrogen and oxygen atoms in total. The van der Waals surface area contributed by atoms with Gasteiger partial charge in [-0.15, -0.1) is 0 Å². The highest BCUT2D eigenvalue weighted by molar-refractivity contribution is 5.86. The Morgan fingerprint density at radius 3 is 1.86 bits per heavy atom. The van der Waals surface area contributed by atoms with Crippen LogP contribution < -0.4 is 0 Å². The minimum atomic E-state index is -0.981. The molecule has 0 aliphatic rings. The smallest absolute Gasteiger partial charge is 0.333 e. The molecule has 0 radical (unpaired) electrons. The first-order chi connectivity index (χ1) is 9.95. The highest BCUT2D eigenvalue weighted by atomic mass is 16.5. The predicted molar refractivity (Wildman–Crippen MR) is 83.0 cm³/mol. The highest BCUT2D eigenvalue weighted by Gasteiger charge is 2.01. The Morgan fingerprint density at radius 1 is 1.05 bits per heavy atom. The van der Waals surface area contributed by atoms with Gasteiger partial charge in [-0.05, 0) is 19.8 Å². The monoisotopic (exact) mass is 300 g/mol. The number of ether oxygens (including phenoxy) is 1. The van der Waals surface area contributed by atoms with Crippen LogP contribution in [0.5, 0.6) is 0 Å². The lowest BCUT2D eigenvalue weighted by Gasteiger charge is -2.04. The number of hydrogen-bond acceptors (Lipinski definition) is 4. The van der Waals surface area contributed by atoms with Gasteiger partial charge in [-0.1, -0.05) is 45.3 Å². The van der Waals surface area contributed by atoms with E-state index in [0.717, 1.165) is 31.8 Å². The van der Waals surface area contributed by atoms with Gasteiger partial charge in [-0.3, -0.25) is 0 Å². The summed E-state index contributed by atoms with van der Waals surface area (Å²) in [5.74, 6) is -1.27. The van der Waals surface area contributed by atoms with Crippen LogP contribution in [0.3, 0.4) is 0 Å². The molecule has 0 aliphatic carbocycles. The third kappa shape index (κ3) is 20.8. The number of unbranched alkanes of at least 4 members (excludes halogenated alkanes) is 6.